The number of nitrogens with one attached hydrogen (secondary N) is 1. The van der Waals surface area contributed by atoms with E-state index in [4.69, 9.17) is 17.3 Å². The summed E-state index contributed by atoms with van der Waals surface area (Å²) >= 11 is 5.74. The summed E-state index contributed by atoms with van der Waals surface area (Å²) in [5.41, 5.74) is 9.29. The Kier molecular flexibility index (Phi) is 3.25. The van der Waals surface area contributed by atoms with Crippen LogP contribution in [0.4, 0.5) is 11.5 Å². The fourth-order valence-electron chi connectivity index (χ4n) is 2.56. The number of nitrogen functional groups attached to an aromatic ring is 1. The van der Waals surface area contributed by atoms with Crippen LogP contribution in [0, 0.1) is 0 Å². The molecule has 1 aromatic heterocycles. The van der Waals surface area contributed by atoms with Crippen molar-refractivity contribution in [1.29, 1.82) is 0 Å². The van der Waals surface area contributed by atoms with Gasteiger partial charge in [-0.25, -0.2) is 0 Å². The van der Waals surface area contributed by atoms with Gasteiger partial charge >= 0.3 is 0 Å². The summed E-state index contributed by atoms with van der Waals surface area (Å²) in [6.45, 7) is 0. The Bertz CT molecular complexity index is 582. The van der Waals surface area contributed by atoms with Crippen molar-refractivity contribution in [3.63, 3.8) is 0 Å². The molecule has 1 aromatic carbocycles. The van der Waals surface area contributed by atoms with E-state index in [2.05, 4.69) is 27.6 Å². The van der Waals surface area contributed by atoms with E-state index < -0.39 is 0 Å². The Labute approximate surface area is 117 Å². The third kappa shape index (κ3) is 2.63. The molecule has 3 rings (SSSR count). The second-order valence-corrected chi connectivity index (χ2v) is 5.18. The predicted molar refractivity (Wildman–Crippen MR) is 77.2 cm³/mol. The molecule has 1 unspecified atom stereocenters. The van der Waals surface area contributed by atoms with E-state index in [1.54, 1.807) is 6.07 Å². The average Bonchev–Trinajstić information content (AvgIpc) is 2.41. The van der Waals surface area contributed by atoms with Crippen molar-refractivity contribution in [2.24, 2.45) is 0 Å². The first-order valence-corrected chi connectivity index (χ1v) is 6.74. The van der Waals surface area contributed by atoms with Gasteiger partial charge in [-0.3, -0.25) is 0 Å². The van der Waals surface area contributed by atoms with Gasteiger partial charge in [-0.15, -0.1) is 10.2 Å². The lowest BCUT2D eigenvalue weighted by Gasteiger charge is -2.26. The van der Waals surface area contributed by atoms with Crippen LogP contribution in [0.2, 0.25) is 5.15 Å². The first-order chi connectivity index (χ1) is 9.22. The highest BCUT2D eigenvalue weighted by atomic mass is 35.5. The van der Waals surface area contributed by atoms with E-state index in [0.717, 1.165) is 30.8 Å². The van der Waals surface area contributed by atoms with Gasteiger partial charge in [-0.1, -0.05) is 17.7 Å². The summed E-state index contributed by atoms with van der Waals surface area (Å²) in [4.78, 5) is 0. The van der Waals surface area contributed by atoms with Gasteiger partial charge in [0.25, 0.3) is 0 Å². The third-order valence-corrected chi connectivity index (χ3v) is 3.64. The first-order valence-electron chi connectivity index (χ1n) is 6.36. The highest BCUT2D eigenvalue weighted by Gasteiger charge is 2.20. The van der Waals surface area contributed by atoms with Gasteiger partial charge in [0.05, 0.1) is 6.04 Å². The van der Waals surface area contributed by atoms with Crippen molar-refractivity contribution >= 4 is 23.1 Å². The molecule has 0 aliphatic heterocycles. The van der Waals surface area contributed by atoms with Gasteiger partial charge in [-0.2, -0.15) is 0 Å². The number of hydrogen-bond acceptors (Lipinski definition) is 4. The molecule has 98 valence electrons. The summed E-state index contributed by atoms with van der Waals surface area (Å²) in [6, 6.07) is 9.97. The lowest BCUT2D eigenvalue weighted by atomic mass is 9.87. The highest BCUT2D eigenvalue weighted by molar-refractivity contribution is 6.29. The van der Waals surface area contributed by atoms with Crippen LogP contribution in [0.15, 0.2) is 30.3 Å². The molecule has 0 fully saturated rings. The molecule has 0 bridgehead atoms. The van der Waals surface area contributed by atoms with Crippen LogP contribution >= 0.6 is 11.6 Å². The van der Waals surface area contributed by atoms with Crippen LogP contribution in [0.1, 0.15) is 30.0 Å². The molecule has 1 heterocycles. The van der Waals surface area contributed by atoms with E-state index in [0.29, 0.717) is 5.15 Å². The van der Waals surface area contributed by atoms with Crippen LogP contribution in [0.5, 0.6) is 0 Å². The number of aryl methyl sites for hydroxylation is 1. The zero-order chi connectivity index (χ0) is 13.2. The highest BCUT2D eigenvalue weighted by Crippen LogP contribution is 2.33. The maximum atomic E-state index is 5.84. The molecule has 0 amide bonds. The van der Waals surface area contributed by atoms with Gasteiger partial charge in [0.2, 0.25) is 0 Å². The van der Waals surface area contributed by atoms with Crippen LogP contribution in [0.25, 0.3) is 0 Å². The fourth-order valence-corrected chi connectivity index (χ4v) is 2.66. The first kappa shape index (κ1) is 12.2. The molecular weight excluding hydrogens is 260 g/mol. The van der Waals surface area contributed by atoms with Crippen LogP contribution in [-0.2, 0) is 6.42 Å². The number of fused-ring (bicyclic) bond motifs is 1. The molecule has 2 aromatic rings. The quantitative estimate of drug-likeness (QED) is 0.826. The molecule has 0 spiro atoms. The Morgan fingerprint density at radius 2 is 2.11 bits per heavy atom. The topological polar surface area (TPSA) is 63.8 Å². The number of nitrogens with two attached hydrogens (primary N) is 1. The molecule has 4 nitrogen and oxygen atoms in total. The minimum Gasteiger partial charge on any atom is -0.399 e. The lowest BCUT2D eigenvalue weighted by Crippen LogP contribution is -2.18. The Morgan fingerprint density at radius 3 is 2.89 bits per heavy atom. The predicted octanol–water partition coefficient (Wildman–Crippen LogP) is 3.20. The molecule has 0 saturated heterocycles. The number of anilines is 2. The number of rotatable bonds is 2. The van der Waals surface area contributed by atoms with Crippen molar-refractivity contribution in [3.05, 3.63) is 46.6 Å². The molecule has 1 aliphatic carbocycles. The molecule has 5 heteroatoms. The zero-order valence-corrected chi connectivity index (χ0v) is 11.2. The maximum Gasteiger partial charge on any atom is 0.151 e. The molecular formula is C14H15ClN4. The average molecular weight is 275 g/mol. The second kappa shape index (κ2) is 5.05. The van der Waals surface area contributed by atoms with Crippen LogP contribution in [-0.4, -0.2) is 10.2 Å². The monoisotopic (exact) mass is 274 g/mol. The lowest BCUT2D eigenvalue weighted by molar-refractivity contribution is 0.598. The summed E-state index contributed by atoms with van der Waals surface area (Å²) in [5.74, 6) is 0.749. The SMILES string of the molecule is Nc1ccc2c(c1)CCCC2Nc1ccc(Cl)nn1. The molecule has 1 atom stereocenters. The number of benzene rings is 1. The Hall–Kier alpha value is -1.81. The van der Waals surface area contributed by atoms with Crippen molar-refractivity contribution in [3.8, 4) is 0 Å². The van der Waals surface area contributed by atoms with E-state index in [-0.39, 0.29) is 6.04 Å². The van der Waals surface area contributed by atoms with Gasteiger partial charge in [0.15, 0.2) is 5.15 Å². The van der Waals surface area contributed by atoms with E-state index >= 15 is 0 Å². The molecule has 0 saturated carbocycles. The fraction of sp³-hybridized carbons (Fsp3) is 0.286. The number of halogens is 1. The summed E-state index contributed by atoms with van der Waals surface area (Å²) in [5, 5.41) is 11.7. The largest absolute Gasteiger partial charge is 0.399 e. The van der Waals surface area contributed by atoms with Gasteiger partial charge in [0, 0.05) is 5.69 Å². The number of aromatic nitrogens is 2. The van der Waals surface area contributed by atoms with E-state index in [9.17, 15) is 0 Å². The van der Waals surface area contributed by atoms with E-state index in [1.165, 1.54) is 11.1 Å². The second-order valence-electron chi connectivity index (χ2n) is 4.79. The minimum atomic E-state index is 0.264. The molecule has 19 heavy (non-hydrogen) atoms. The smallest absolute Gasteiger partial charge is 0.151 e. The minimum absolute atomic E-state index is 0.264. The van der Waals surface area contributed by atoms with Crippen LogP contribution in [0.3, 0.4) is 0 Å². The van der Waals surface area contributed by atoms with Crippen molar-refractivity contribution in [1.82, 2.24) is 10.2 Å². The Morgan fingerprint density at radius 1 is 1.21 bits per heavy atom. The third-order valence-electron chi connectivity index (χ3n) is 3.44. The molecule has 3 N–H and O–H groups in total. The molecule has 1 aliphatic rings. The van der Waals surface area contributed by atoms with Gasteiger partial charge in [-0.05, 0) is 54.7 Å². The number of nitrogens with zero attached hydrogens (tertiary/aromatic N) is 2. The van der Waals surface area contributed by atoms with Crippen LogP contribution < -0.4 is 11.1 Å². The Balaban J connectivity index is 1.85. The summed E-state index contributed by atoms with van der Waals surface area (Å²) in [6.07, 6.45) is 3.32. The number of hydrogen-bond donors (Lipinski definition) is 2. The van der Waals surface area contributed by atoms with Crippen molar-refractivity contribution < 1.29 is 0 Å². The molecule has 0 radical (unpaired) electrons. The zero-order valence-electron chi connectivity index (χ0n) is 10.4. The standard InChI is InChI=1S/C14H15ClN4/c15-13-6-7-14(19-18-13)17-12-3-1-2-9-8-10(16)4-5-11(9)12/h4-8,12H,1-3,16H2,(H,17,19). The van der Waals surface area contributed by atoms with Crippen molar-refractivity contribution in [2.75, 3.05) is 11.1 Å². The van der Waals surface area contributed by atoms with Gasteiger partial charge in [0.1, 0.15) is 5.82 Å². The summed E-state index contributed by atoms with van der Waals surface area (Å²) in [7, 11) is 0. The van der Waals surface area contributed by atoms with E-state index in [1.807, 2.05) is 12.1 Å². The normalized spacial score (nSPS) is 17.8. The van der Waals surface area contributed by atoms with Gasteiger partial charge < -0.3 is 11.1 Å². The maximum absolute atomic E-state index is 5.84. The summed E-state index contributed by atoms with van der Waals surface area (Å²) < 4.78 is 0. The van der Waals surface area contributed by atoms with Crippen molar-refractivity contribution in [2.45, 2.75) is 25.3 Å².